The summed E-state index contributed by atoms with van der Waals surface area (Å²) in [6.07, 6.45) is 1.38. The number of hydrogen-bond acceptors (Lipinski definition) is 8. The molecule has 0 radical (unpaired) electrons. The third kappa shape index (κ3) is 5.61. The molecule has 0 aliphatic carbocycles. The summed E-state index contributed by atoms with van der Waals surface area (Å²) in [5.41, 5.74) is 1.06. The summed E-state index contributed by atoms with van der Waals surface area (Å²) >= 11 is 1.16. The van der Waals surface area contributed by atoms with Crippen LogP contribution in [-0.4, -0.2) is 52.4 Å². The fraction of sp³-hybridized carbons (Fsp3) is 0.389. The molecule has 2 heterocycles. The van der Waals surface area contributed by atoms with Gasteiger partial charge < -0.3 is 5.32 Å². The molecule has 2 amide bonds. The van der Waals surface area contributed by atoms with Crippen molar-refractivity contribution in [3.05, 3.63) is 35.5 Å². The van der Waals surface area contributed by atoms with E-state index in [1.807, 2.05) is 13.8 Å². The number of carbonyl (C=O) groups excluding carboxylic acids is 1. The summed E-state index contributed by atoms with van der Waals surface area (Å²) in [6.45, 7) is 5.91. The van der Waals surface area contributed by atoms with E-state index in [0.29, 0.717) is 40.1 Å². The Labute approximate surface area is 182 Å². The first-order chi connectivity index (χ1) is 14.5. The Morgan fingerprint density at radius 2 is 2.06 bits per heavy atom. The lowest BCUT2D eigenvalue weighted by atomic mass is 10.1. The molecule has 3 aromatic rings. The second-order valence-corrected chi connectivity index (χ2v) is 10.1. The maximum absolute atomic E-state index is 14.2. The minimum atomic E-state index is -3.65. The van der Waals surface area contributed by atoms with Gasteiger partial charge in [0.1, 0.15) is 10.7 Å². The van der Waals surface area contributed by atoms with Crippen molar-refractivity contribution in [1.82, 2.24) is 30.5 Å². The first kappa shape index (κ1) is 22.7. The lowest BCUT2D eigenvalue weighted by Gasteiger charge is -2.04. The van der Waals surface area contributed by atoms with Gasteiger partial charge in [0, 0.05) is 19.2 Å². The molecule has 1 aromatic carbocycles. The second-order valence-electron chi connectivity index (χ2n) is 7.10. The predicted molar refractivity (Wildman–Crippen MR) is 114 cm³/mol. The van der Waals surface area contributed by atoms with Gasteiger partial charge in [-0.05, 0) is 43.7 Å². The van der Waals surface area contributed by atoms with Gasteiger partial charge in [0.2, 0.25) is 0 Å². The maximum Gasteiger partial charge on any atom is 0.321 e. The Morgan fingerprint density at radius 1 is 1.32 bits per heavy atom. The molecule has 0 atom stereocenters. The molecule has 2 aromatic heterocycles. The highest BCUT2D eigenvalue weighted by Gasteiger charge is 2.17. The second kappa shape index (κ2) is 9.06. The van der Waals surface area contributed by atoms with E-state index in [1.54, 1.807) is 6.92 Å². The van der Waals surface area contributed by atoms with Gasteiger partial charge in [-0.2, -0.15) is 4.80 Å². The summed E-state index contributed by atoms with van der Waals surface area (Å²) in [6, 6.07) is 3.55. The number of hydrogen-bond donors (Lipinski definition) is 2. The van der Waals surface area contributed by atoms with Crippen LogP contribution in [0, 0.1) is 12.7 Å². The highest BCUT2D eigenvalue weighted by Crippen LogP contribution is 2.34. The van der Waals surface area contributed by atoms with Crippen LogP contribution in [0.5, 0.6) is 0 Å². The van der Waals surface area contributed by atoms with Crippen LogP contribution in [0.2, 0.25) is 0 Å². The van der Waals surface area contributed by atoms with Crippen molar-refractivity contribution in [2.45, 2.75) is 38.1 Å². The van der Waals surface area contributed by atoms with E-state index in [1.165, 1.54) is 16.9 Å². The Kier molecular flexibility index (Phi) is 6.65. The zero-order valence-electron chi connectivity index (χ0n) is 17.4. The number of aromatic nitrogens is 5. The molecular weight excluding hydrogens is 445 g/mol. The molecule has 0 spiro atoms. The molecule has 3 rings (SSSR count). The SMILES string of the molecule is Cc1nc(NC(=O)NCCc2nnn(C(C)C)n2)sc1-c1ccc(S(C)(=O)=O)c(F)c1. The van der Waals surface area contributed by atoms with Gasteiger partial charge in [-0.15, -0.1) is 10.2 Å². The van der Waals surface area contributed by atoms with Crippen molar-refractivity contribution < 1.29 is 17.6 Å². The summed E-state index contributed by atoms with van der Waals surface area (Å²) in [5, 5.41) is 17.7. The van der Waals surface area contributed by atoms with Crippen LogP contribution < -0.4 is 10.6 Å². The number of nitrogens with zero attached hydrogens (tertiary/aromatic N) is 5. The summed E-state index contributed by atoms with van der Waals surface area (Å²) < 4.78 is 37.4. The molecule has 31 heavy (non-hydrogen) atoms. The van der Waals surface area contributed by atoms with E-state index < -0.39 is 21.7 Å². The molecule has 0 bridgehead atoms. The number of rotatable bonds is 7. The molecule has 10 nitrogen and oxygen atoms in total. The number of amides is 2. The largest absolute Gasteiger partial charge is 0.337 e. The molecule has 0 unspecified atom stereocenters. The van der Waals surface area contributed by atoms with E-state index in [0.717, 1.165) is 23.7 Å². The number of nitrogens with one attached hydrogen (secondary N) is 2. The molecule has 13 heteroatoms. The molecule has 0 saturated carbocycles. The van der Waals surface area contributed by atoms with Crippen molar-refractivity contribution in [3.8, 4) is 10.4 Å². The minimum absolute atomic E-state index is 0.107. The van der Waals surface area contributed by atoms with Gasteiger partial charge in [0.25, 0.3) is 0 Å². The van der Waals surface area contributed by atoms with Crippen LogP contribution in [0.25, 0.3) is 10.4 Å². The third-order valence-corrected chi connectivity index (χ3v) is 6.43. The molecular formula is C18H22FN7O3S2. The topological polar surface area (TPSA) is 132 Å². The number of thiazole rings is 1. The molecule has 0 fully saturated rings. The Balaban J connectivity index is 1.61. The van der Waals surface area contributed by atoms with Gasteiger partial charge in [0.15, 0.2) is 20.8 Å². The predicted octanol–water partition coefficient (Wildman–Crippen LogP) is 2.59. The van der Waals surface area contributed by atoms with E-state index in [4.69, 9.17) is 0 Å². The average molecular weight is 468 g/mol. The van der Waals surface area contributed by atoms with Crippen molar-refractivity contribution in [1.29, 1.82) is 0 Å². The smallest absolute Gasteiger partial charge is 0.321 e. The van der Waals surface area contributed by atoms with Crippen LogP contribution in [0.4, 0.5) is 14.3 Å². The molecule has 0 aliphatic heterocycles. The number of sulfone groups is 1. The van der Waals surface area contributed by atoms with Crippen LogP contribution in [0.3, 0.4) is 0 Å². The number of benzene rings is 1. The van der Waals surface area contributed by atoms with Gasteiger partial charge in [-0.1, -0.05) is 17.4 Å². The number of anilines is 1. The number of urea groups is 1. The normalized spacial score (nSPS) is 11.7. The Morgan fingerprint density at radius 3 is 2.68 bits per heavy atom. The fourth-order valence-electron chi connectivity index (χ4n) is 2.66. The van der Waals surface area contributed by atoms with Crippen LogP contribution in [0.1, 0.15) is 31.4 Å². The van der Waals surface area contributed by atoms with E-state index in [9.17, 15) is 17.6 Å². The van der Waals surface area contributed by atoms with Gasteiger partial charge in [0.05, 0.1) is 16.6 Å². The number of carbonyl (C=O) groups is 1. The number of tetrazole rings is 1. The molecule has 2 N–H and O–H groups in total. The fourth-order valence-corrected chi connectivity index (χ4v) is 4.35. The summed E-state index contributed by atoms with van der Waals surface area (Å²) in [7, 11) is -3.65. The van der Waals surface area contributed by atoms with Crippen molar-refractivity contribution in [2.75, 3.05) is 18.1 Å². The van der Waals surface area contributed by atoms with Gasteiger partial charge in [-0.3, -0.25) is 5.32 Å². The first-order valence-electron chi connectivity index (χ1n) is 9.35. The lowest BCUT2D eigenvalue weighted by molar-refractivity contribution is 0.252. The van der Waals surface area contributed by atoms with Crippen molar-refractivity contribution >= 4 is 32.3 Å². The average Bonchev–Trinajstić information content (AvgIpc) is 3.27. The van der Waals surface area contributed by atoms with E-state index >= 15 is 0 Å². The Hall–Kier alpha value is -2.93. The van der Waals surface area contributed by atoms with Crippen molar-refractivity contribution in [2.24, 2.45) is 0 Å². The van der Waals surface area contributed by atoms with Gasteiger partial charge >= 0.3 is 6.03 Å². The number of aryl methyl sites for hydroxylation is 1. The molecule has 166 valence electrons. The third-order valence-electron chi connectivity index (χ3n) is 4.18. The zero-order chi connectivity index (χ0) is 22.8. The number of halogens is 1. The van der Waals surface area contributed by atoms with Gasteiger partial charge in [-0.25, -0.2) is 22.6 Å². The summed E-state index contributed by atoms with van der Waals surface area (Å²) in [5.74, 6) is -0.302. The van der Waals surface area contributed by atoms with Crippen LogP contribution in [-0.2, 0) is 16.3 Å². The van der Waals surface area contributed by atoms with E-state index in [-0.39, 0.29) is 10.9 Å². The Bertz CT molecular complexity index is 1200. The maximum atomic E-state index is 14.2. The highest BCUT2D eigenvalue weighted by molar-refractivity contribution is 7.90. The first-order valence-corrected chi connectivity index (χ1v) is 12.1. The summed E-state index contributed by atoms with van der Waals surface area (Å²) in [4.78, 5) is 18.2. The van der Waals surface area contributed by atoms with E-state index in [2.05, 4.69) is 31.0 Å². The molecule has 0 saturated heterocycles. The highest BCUT2D eigenvalue weighted by atomic mass is 32.2. The van der Waals surface area contributed by atoms with Crippen molar-refractivity contribution in [3.63, 3.8) is 0 Å². The van der Waals surface area contributed by atoms with Crippen LogP contribution in [0.15, 0.2) is 23.1 Å². The minimum Gasteiger partial charge on any atom is -0.337 e. The molecule has 0 aliphatic rings. The lowest BCUT2D eigenvalue weighted by Crippen LogP contribution is -2.30. The monoisotopic (exact) mass is 467 g/mol. The zero-order valence-corrected chi connectivity index (χ0v) is 19.0. The quantitative estimate of drug-likeness (QED) is 0.546. The standard InChI is InChI=1S/C18H22FN7O3S2/c1-10(2)26-24-15(23-25-26)7-8-20-17(27)22-18-21-11(3)16(30-18)12-5-6-14(13(19)9-12)31(4,28)29/h5-6,9-10H,7-8H2,1-4H3,(H2,20,21,22,27). The van der Waals surface area contributed by atoms with Crippen LogP contribution >= 0.6 is 11.3 Å².